The molecule has 2 aromatic rings. The Labute approximate surface area is 249 Å². The number of rotatable bonds is 4. The lowest BCUT2D eigenvalue weighted by Crippen LogP contribution is -2.59. The summed E-state index contributed by atoms with van der Waals surface area (Å²) in [4.78, 5) is 42.1. The molecule has 2 aliphatic rings. The highest BCUT2D eigenvalue weighted by atomic mass is 16.5. The minimum absolute atomic E-state index is 0.133. The molecule has 228 valence electrons. The Balaban J connectivity index is 1.59. The van der Waals surface area contributed by atoms with Crippen molar-refractivity contribution >= 4 is 17.7 Å². The van der Waals surface area contributed by atoms with E-state index in [1.54, 1.807) is 7.05 Å². The maximum Gasteiger partial charge on any atom is 0.245 e. The molecule has 9 heteroatoms. The van der Waals surface area contributed by atoms with Crippen LogP contribution >= 0.6 is 0 Å². The van der Waals surface area contributed by atoms with E-state index in [0.29, 0.717) is 26.1 Å². The van der Waals surface area contributed by atoms with Gasteiger partial charge in [0.1, 0.15) is 24.4 Å². The number of aliphatic hydroxyl groups is 1. The number of nitrogens with one attached hydrogen (secondary N) is 3. The van der Waals surface area contributed by atoms with Crippen LogP contribution in [0.15, 0.2) is 48.5 Å². The number of aliphatic hydroxyl groups excluding tert-OH is 1. The van der Waals surface area contributed by atoms with Crippen LogP contribution in [0.1, 0.15) is 55.2 Å². The molecule has 0 bridgehead atoms. The van der Waals surface area contributed by atoms with Crippen LogP contribution in [0.25, 0.3) is 0 Å². The SMILES string of the molecule is Cc1ccc(C[C@H]2NC(=O)[C@H](CO)N(C)C(=O)[C@H](C3CCCCC3)NCCOc3ccccc3CCCNC2=O)cc1. The summed E-state index contributed by atoms with van der Waals surface area (Å²) in [6.45, 7) is 2.73. The number of carbonyl (C=O) groups is 3. The first-order valence-electron chi connectivity index (χ1n) is 15.3. The number of para-hydroxylation sites is 1. The van der Waals surface area contributed by atoms with Gasteiger partial charge in [-0.3, -0.25) is 14.4 Å². The topological polar surface area (TPSA) is 120 Å². The first-order chi connectivity index (χ1) is 20.4. The predicted octanol–water partition coefficient (Wildman–Crippen LogP) is 2.52. The molecule has 1 fully saturated rings. The Morgan fingerprint density at radius 1 is 0.929 bits per heavy atom. The van der Waals surface area contributed by atoms with Gasteiger partial charge in [0.25, 0.3) is 0 Å². The van der Waals surface area contributed by atoms with Crippen LogP contribution < -0.4 is 20.7 Å². The molecule has 4 N–H and O–H groups in total. The number of amides is 3. The first-order valence-corrected chi connectivity index (χ1v) is 15.3. The highest BCUT2D eigenvalue weighted by molar-refractivity contribution is 5.93. The molecule has 1 heterocycles. The van der Waals surface area contributed by atoms with E-state index >= 15 is 0 Å². The zero-order chi connectivity index (χ0) is 29.9. The maximum atomic E-state index is 13.9. The summed E-state index contributed by atoms with van der Waals surface area (Å²) < 4.78 is 6.12. The van der Waals surface area contributed by atoms with Crippen molar-refractivity contribution in [2.45, 2.75) is 76.4 Å². The summed E-state index contributed by atoms with van der Waals surface area (Å²) in [5.74, 6) is -0.163. The van der Waals surface area contributed by atoms with Crippen molar-refractivity contribution in [1.29, 1.82) is 0 Å². The molecular weight excluding hydrogens is 532 g/mol. The molecule has 9 nitrogen and oxygen atoms in total. The molecule has 42 heavy (non-hydrogen) atoms. The van der Waals surface area contributed by atoms with Gasteiger partial charge in [0.15, 0.2) is 0 Å². The van der Waals surface area contributed by atoms with Crippen molar-refractivity contribution in [3.05, 3.63) is 65.2 Å². The van der Waals surface area contributed by atoms with E-state index in [2.05, 4.69) is 16.0 Å². The minimum atomic E-state index is -1.12. The van der Waals surface area contributed by atoms with Crippen LogP contribution in [-0.2, 0) is 27.2 Å². The molecule has 0 radical (unpaired) electrons. The highest BCUT2D eigenvalue weighted by Crippen LogP contribution is 2.28. The monoisotopic (exact) mass is 578 g/mol. The summed E-state index contributed by atoms with van der Waals surface area (Å²) in [5.41, 5.74) is 3.06. The molecule has 0 unspecified atom stereocenters. The number of aryl methyl sites for hydroxylation is 2. The molecular formula is C33H46N4O5. The van der Waals surface area contributed by atoms with Crippen LogP contribution in [0.4, 0.5) is 0 Å². The molecule has 3 amide bonds. The number of likely N-dealkylation sites (N-methyl/N-ethyl adjacent to an activating group) is 1. The molecule has 3 atom stereocenters. The third kappa shape index (κ3) is 8.55. The molecule has 0 spiro atoms. The number of hydrogen-bond acceptors (Lipinski definition) is 6. The molecule has 1 aliphatic carbocycles. The van der Waals surface area contributed by atoms with Gasteiger partial charge >= 0.3 is 0 Å². The van der Waals surface area contributed by atoms with E-state index in [1.165, 1.54) is 4.90 Å². The summed E-state index contributed by atoms with van der Waals surface area (Å²) in [5, 5.41) is 19.5. The minimum Gasteiger partial charge on any atom is -0.492 e. The van der Waals surface area contributed by atoms with Crippen molar-refractivity contribution in [3.63, 3.8) is 0 Å². The van der Waals surface area contributed by atoms with Crippen molar-refractivity contribution in [2.75, 3.05) is 33.4 Å². The van der Waals surface area contributed by atoms with Gasteiger partial charge < -0.3 is 30.7 Å². The number of fused-ring (bicyclic) bond motifs is 1. The van der Waals surface area contributed by atoms with Gasteiger partial charge in [-0.15, -0.1) is 0 Å². The Hall–Kier alpha value is -3.43. The Morgan fingerprint density at radius 3 is 2.40 bits per heavy atom. The van der Waals surface area contributed by atoms with Gasteiger partial charge in [-0.2, -0.15) is 0 Å². The third-order valence-corrected chi connectivity index (χ3v) is 8.49. The molecule has 2 aromatic carbocycles. The Bertz CT molecular complexity index is 1180. The van der Waals surface area contributed by atoms with Gasteiger partial charge in [-0.1, -0.05) is 67.3 Å². The predicted molar refractivity (Wildman–Crippen MR) is 162 cm³/mol. The van der Waals surface area contributed by atoms with E-state index in [1.807, 2.05) is 55.5 Å². The van der Waals surface area contributed by atoms with Crippen LogP contribution in [0, 0.1) is 12.8 Å². The second kappa shape index (κ2) is 15.7. The largest absolute Gasteiger partial charge is 0.492 e. The van der Waals surface area contributed by atoms with Gasteiger partial charge in [0.2, 0.25) is 17.7 Å². The van der Waals surface area contributed by atoms with Crippen molar-refractivity contribution in [3.8, 4) is 5.75 Å². The average molecular weight is 579 g/mol. The quantitative estimate of drug-likeness (QED) is 0.443. The summed E-state index contributed by atoms with van der Waals surface area (Å²) >= 11 is 0. The Kier molecular flexibility index (Phi) is 11.8. The Morgan fingerprint density at radius 2 is 1.67 bits per heavy atom. The molecule has 4 rings (SSSR count). The standard InChI is InChI=1S/C33H46N4O5/c1-23-14-16-24(17-15-23)21-27-31(39)35-18-8-12-25-9-6-7-13-29(25)42-20-19-34-30(26-10-4-3-5-11-26)33(41)37(2)28(22-38)32(40)36-27/h6-7,9,13-17,26-28,30,34,38H,3-5,8,10-12,18-22H2,1-2H3,(H,35,39)(H,36,40)/t27-,28+,30+/m1/s1. The summed E-state index contributed by atoms with van der Waals surface area (Å²) in [6, 6.07) is 13.2. The fraction of sp³-hybridized carbons (Fsp3) is 0.545. The zero-order valence-electron chi connectivity index (χ0n) is 24.9. The zero-order valence-corrected chi connectivity index (χ0v) is 24.9. The van der Waals surface area contributed by atoms with E-state index in [0.717, 1.165) is 61.0 Å². The number of ether oxygens (including phenoxy) is 1. The van der Waals surface area contributed by atoms with Crippen LogP contribution in [0.2, 0.25) is 0 Å². The number of hydrogen-bond donors (Lipinski definition) is 4. The van der Waals surface area contributed by atoms with Gasteiger partial charge in [-0.25, -0.2) is 0 Å². The van der Waals surface area contributed by atoms with Crippen molar-refractivity contribution in [2.24, 2.45) is 5.92 Å². The lowest BCUT2D eigenvalue weighted by atomic mass is 9.83. The normalized spacial score (nSPS) is 24.0. The number of benzene rings is 2. The van der Waals surface area contributed by atoms with Gasteiger partial charge in [0, 0.05) is 26.6 Å². The van der Waals surface area contributed by atoms with Crippen LogP contribution in [0.3, 0.4) is 0 Å². The lowest BCUT2D eigenvalue weighted by molar-refractivity contribution is -0.144. The highest BCUT2D eigenvalue weighted by Gasteiger charge is 2.36. The fourth-order valence-electron chi connectivity index (χ4n) is 5.95. The van der Waals surface area contributed by atoms with Crippen LogP contribution in [-0.4, -0.2) is 79.2 Å². The molecule has 1 saturated carbocycles. The molecule has 0 saturated heterocycles. The first kappa shape index (κ1) is 31.5. The smallest absolute Gasteiger partial charge is 0.245 e. The van der Waals surface area contributed by atoms with Crippen molar-refractivity contribution in [1.82, 2.24) is 20.9 Å². The number of nitrogens with zero attached hydrogens (tertiary/aromatic N) is 1. The van der Waals surface area contributed by atoms with E-state index in [9.17, 15) is 19.5 Å². The maximum absolute atomic E-state index is 13.9. The van der Waals surface area contributed by atoms with Gasteiger partial charge in [0.05, 0.1) is 12.6 Å². The number of carbonyl (C=O) groups excluding carboxylic acids is 3. The van der Waals surface area contributed by atoms with E-state index in [4.69, 9.17) is 4.74 Å². The fourth-order valence-corrected chi connectivity index (χ4v) is 5.95. The second-order valence-corrected chi connectivity index (χ2v) is 11.6. The summed E-state index contributed by atoms with van der Waals surface area (Å²) in [6.07, 6.45) is 6.84. The van der Waals surface area contributed by atoms with E-state index in [-0.39, 0.29) is 24.2 Å². The lowest BCUT2D eigenvalue weighted by Gasteiger charge is -2.35. The summed E-state index contributed by atoms with van der Waals surface area (Å²) in [7, 11) is 1.56. The van der Waals surface area contributed by atoms with Crippen LogP contribution in [0.5, 0.6) is 5.75 Å². The third-order valence-electron chi connectivity index (χ3n) is 8.49. The molecule has 0 aromatic heterocycles. The van der Waals surface area contributed by atoms with Gasteiger partial charge in [-0.05, 0) is 55.7 Å². The molecule has 1 aliphatic heterocycles. The second-order valence-electron chi connectivity index (χ2n) is 11.6. The van der Waals surface area contributed by atoms with E-state index < -0.39 is 30.6 Å². The van der Waals surface area contributed by atoms with Crippen molar-refractivity contribution < 1.29 is 24.2 Å². The average Bonchev–Trinajstić information content (AvgIpc) is 3.00.